The van der Waals surface area contributed by atoms with Crippen molar-refractivity contribution in [1.82, 2.24) is 15.1 Å². The first-order valence-electron chi connectivity index (χ1n) is 12.3. The van der Waals surface area contributed by atoms with Gasteiger partial charge in [0.05, 0.1) is 18.7 Å². The van der Waals surface area contributed by atoms with Crippen molar-refractivity contribution < 1.29 is 19.1 Å². The topological polar surface area (TPSA) is 79.0 Å². The zero-order valence-electron chi connectivity index (χ0n) is 21.4. The van der Waals surface area contributed by atoms with E-state index < -0.39 is 6.04 Å². The molecule has 1 fully saturated rings. The lowest BCUT2D eigenvalue weighted by molar-refractivity contribution is -0.140. The minimum Gasteiger partial charge on any atom is -0.463 e. The van der Waals surface area contributed by atoms with Crippen LogP contribution in [0.2, 0.25) is 0 Å². The van der Waals surface area contributed by atoms with Gasteiger partial charge in [-0.2, -0.15) is 0 Å². The minimum absolute atomic E-state index is 0.0535. The monoisotopic (exact) mass is 451 g/mol. The fourth-order valence-electron chi connectivity index (χ4n) is 4.25. The number of amides is 2. The molecule has 1 N–H and O–H groups in total. The van der Waals surface area contributed by atoms with Crippen LogP contribution in [0.25, 0.3) is 0 Å². The fraction of sp³-hybridized carbons (Fsp3) is 0.800. The van der Waals surface area contributed by atoms with Gasteiger partial charge in [0.1, 0.15) is 6.04 Å². The molecule has 0 aromatic carbocycles. The molecule has 2 amide bonds. The Balaban J connectivity index is 2.99. The number of esters is 1. The van der Waals surface area contributed by atoms with Crippen molar-refractivity contribution in [3.05, 3.63) is 11.6 Å². The Kier molecular flexibility index (Phi) is 12.0. The van der Waals surface area contributed by atoms with E-state index in [1.165, 1.54) is 0 Å². The first kappa shape index (κ1) is 28.1. The number of carbonyl (C=O) groups excluding carboxylic acids is 3. The van der Waals surface area contributed by atoms with Gasteiger partial charge in [0.25, 0.3) is 0 Å². The summed E-state index contributed by atoms with van der Waals surface area (Å²) in [5.74, 6) is -0.624. The van der Waals surface area contributed by atoms with Crippen molar-refractivity contribution in [3.8, 4) is 0 Å². The van der Waals surface area contributed by atoms with Crippen molar-refractivity contribution in [2.24, 2.45) is 5.92 Å². The minimum atomic E-state index is -0.612. The zero-order valence-corrected chi connectivity index (χ0v) is 21.4. The number of likely N-dealkylation sites (tertiary alicyclic amines) is 1. The summed E-state index contributed by atoms with van der Waals surface area (Å²) in [4.78, 5) is 42.6. The average Bonchev–Trinajstić information content (AvgIpc) is 2.78. The van der Waals surface area contributed by atoms with Gasteiger partial charge in [0, 0.05) is 18.7 Å². The van der Waals surface area contributed by atoms with E-state index in [9.17, 15) is 14.4 Å². The zero-order chi connectivity index (χ0) is 24.4. The molecular weight excluding hydrogens is 406 g/mol. The third-order valence-corrected chi connectivity index (χ3v) is 6.54. The van der Waals surface area contributed by atoms with E-state index in [0.29, 0.717) is 24.6 Å². The summed E-state index contributed by atoms with van der Waals surface area (Å²) >= 11 is 0. The molecule has 0 spiro atoms. The van der Waals surface area contributed by atoms with Gasteiger partial charge in [0.2, 0.25) is 11.8 Å². The highest BCUT2D eigenvalue weighted by molar-refractivity contribution is 5.91. The molecule has 0 saturated carbocycles. The number of ether oxygens (including phenoxy) is 1. The Morgan fingerprint density at radius 2 is 1.78 bits per heavy atom. The first-order chi connectivity index (χ1) is 15.1. The number of rotatable bonds is 11. The largest absolute Gasteiger partial charge is 0.463 e. The molecule has 184 valence electrons. The maximum absolute atomic E-state index is 13.4. The quantitative estimate of drug-likeness (QED) is 0.384. The van der Waals surface area contributed by atoms with E-state index in [1.807, 2.05) is 20.8 Å². The maximum atomic E-state index is 13.4. The number of likely N-dealkylation sites (N-methyl/N-ethyl adjacent to an activating group) is 1. The Hall–Kier alpha value is -1.89. The predicted molar refractivity (Wildman–Crippen MR) is 128 cm³/mol. The van der Waals surface area contributed by atoms with Gasteiger partial charge in [-0.3, -0.25) is 14.5 Å². The van der Waals surface area contributed by atoms with Crippen molar-refractivity contribution >= 4 is 17.8 Å². The second-order valence-electron chi connectivity index (χ2n) is 9.23. The van der Waals surface area contributed by atoms with E-state index in [-0.39, 0.29) is 35.8 Å². The van der Waals surface area contributed by atoms with Crippen LogP contribution in [-0.4, -0.2) is 72.0 Å². The molecule has 3 unspecified atom stereocenters. The van der Waals surface area contributed by atoms with Gasteiger partial charge in [-0.05, 0) is 58.9 Å². The van der Waals surface area contributed by atoms with Crippen molar-refractivity contribution in [3.63, 3.8) is 0 Å². The Bertz CT molecular complexity index is 662. The van der Waals surface area contributed by atoms with E-state index in [0.717, 1.165) is 32.2 Å². The van der Waals surface area contributed by atoms with Crippen molar-refractivity contribution in [2.75, 3.05) is 20.2 Å². The standard InChI is InChI=1S/C25H45N3O4/c1-9-19(7)28-15-13-12-14-21(28)23(29)26-22(17(4)5)24(30)27(8)20(10-2)16-18(6)25(31)32-11-3/h16-17,19-22H,9-15H2,1-8H3,(H,26,29)/b18-16+/t19?,20?,21-,22?/m1/s1. The highest BCUT2D eigenvalue weighted by Gasteiger charge is 2.35. The van der Waals surface area contributed by atoms with Gasteiger partial charge >= 0.3 is 5.97 Å². The van der Waals surface area contributed by atoms with Gasteiger partial charge in [-0.25, -0.2) is 4.79 Å². The Labute approximate surface area is 194 Å². The molecule has 0 aliphatic carbocycles. The van der Waals surface area contributed by atoms with E-state index in [2.05, 4.69) is 24.1 Å². The van der Waals surface area contributed by atoms with Crippen LogP contribution in [0.5, 0.6) is 0 Å². The Morgan fingerprint density at radius 3 is 2.31 bits per heavy atom. The molecule has 0 aromatic heterocycles. The summed E-state index contributed by atoms with van der Waals surface area (Å²) in [5, 5.41) is 3.07. The first-order valence-corrected chi connectivity index (χ1v) is 12.3. The number of carbonyl (C=O) groups is 3. The Morgan fingerprint density at radius 1 is 1.12 bits per heavy atom. The molecule has 1 aliphatic rings. The third-order valence-electron chi connectivity index (χ3n) is 6.54. The number of nitrogens with one attached hydrogen (secondary N) is 1. The normalized spacial score (nSPS) is 20.4. The van der Waals surface area contributed by atoms with E-state index >= 15 is 0 Å². The van der Waals surface area contributed by atoms with Crippen LogP contribution in [0.3, 0.4) is 0 Å². The summed E-state index contributed by atoms with van der Waals surface area (Å²) in [6.45, 7) is 14.9. The van der Waals surface area contributed by atoms with Gasteiger partial charge in [0.15, 0.2) is 0 Å². The lowest BCUT2D eigenvalue weighted by atomic mass is 9.96. The number of nitrogens with zero attached hydrogens (tertiary/aromatic N) is 2. The molecule has 1 saturated heterocycles. The fourth-order valence-corrected chi connectivity index (χ4v) is 4.25. The molecule has 1 rings (SSSR count). The number of hydrogen-bond donors (Lipinski definition) is 1. The summed E-state index contributed by atoms with van der Waals surface area (Å²) in [7, 11) is 1.74. The van der Waals surface area contributed by atoms with Crippen LogP contribution in [0.4, 0.5) is 0 Å². The maximum Gasteiger partial charge on any atom is 0.333 e. The number of piperidine rings is 1. The van der Waals surface area contributed by atoms with E-state index in [1.54, 1.807) is 31.9 Å². The van der Waals surface area contributed by atoms with Crippen LogP contribution in [0.1, 0.15) is 80.6 Å². The molecule has 0 aromatic rings. The second kappa shape index (κ2) is 13.6. The molecule has 4 atom stereocenters. The van der Waals surface area contributed by atoms with Gasteiger partial charge in [-0.1, -0.05) is 40.2 Å². The summed E-state index contributed by atoms with van der Waals surface area (Å²) in [6.07, 6.45) is 6.38. The van der Waals surface area contributed by atoms with Crippen LogP contribution < -0.4 is 5.32 Å². The molecule has 32 heavy (non-hydrogen) atoms. The molecule has 0 bridgehead atoms. The van der Waals surface area contributed by atoms with Crippen LogP contribution in [0.15, 0.2) is 11.6 Å². The van der Waals surface area contributed by atoms with E-state index in [4.69, 9.17) is 4.74 Å². The van der Waals surface area contributed by atoms with Crippen LogP contribution >= 0.6 is 0 Å². The summed E-state index contributed by atoms with van der Waals surface area (Å²) < 4.78 is 5.06. The summed E-state index contributed by atoms with van der Waals surface area (Å²) in [6, 6.07) is -0.719. The van der Waals surface area contributed by atoms with Gasteiger partial charge < -0.3 is 15.0 Å². The average molecular weight is 452 g/mol. The van der Waals surface area contributed by atoms with Crippen molar-refractivity contribution in [2.45, 2.75) is 105 Å². The highest BCUT2D eigenvalue weighted by atomic mass is 16.5. The summed E-state index contributed by atoms with van der Waals surface area (Å²) in [5.41, 5.74) is 0.481. The van der Waals surface area contributed by atoms with Crippen molar-refractivity contribution in [1.29, 1.82) is 0 Å². The molecule has 7 nitrogen and oxygen atoms in total. The molecule has 7 heteroatoms. The smallest absolute Gasteiger partial charge is 0.333 e. The van der Waals surface area contributed by atoms with Crippen LogP contribution in [0, 0.1) is 5.92 Å². The second-order valence-corrected chi connectivity index (χ2v) is 9.23. The lowest BCUT2D eigenvalue weighted by Crippen LogP contribution is -2.58. The lowest BCUT2D eigenvalue weighted by Gasteiger charge is -2.40. The molecular formula is C25H45N3O4. The highest BCUT2D eigenvalue weighted by Crippen LogP contribution is 2.22. The van der Waals surface area contributed by atoms with Crippen LogP contribution in [-0.2, 0) is 19.1 Å². The number of hydrogen-bond acceptors (Lipinski definition) is 5. The molecule has 0 radical (unpaired) electrons. The molecule has 1 aliphatic heterocycles. The molecule has 1 heterocycles. The SMILES string of the molecule is CCOC(=O)/C(C)=C/C(CC)N(C)C(=O)C(NC(=O)[C@H]1CCCCN1C(C)CC)C(C)C. The third kappa shape index (κ3) is 7.61. The van der Waals surface area contributed by atoms with Gasteiger partial charge in [-0.15, -0.1) is 0 Å². The predicted octanol–water partition coefficient (Wildman–Crippen LogP) is 3.53.